The maximum Gasteiger partial charge on any atom is 0.251 e. The molecule has 0 aromatic heterocycles. The van der Waals surface area contributed by atoms with Gasteiger partial charge in [-0.1, -0.05) is 0 Å². The third-order valence-corrected chi connectivity index (χ3v) is 1.52. The summed E-state index contributed by atoms with van der Waals surface area (Å²) in [7, 11) is 0. The van der Waals surface area contributed by atoms with E-state index in [4.69, 9.17) is 11.5 Å². The molecule has 0 unspecified atom stereocenters. The Balaban J connectivity index is 3.27. The zero-order valence-electron chi connectivity index (χ0n) is 6.58. The number of rotatable bonds is 2. The Labute approximate surface area is 73.3 Å². The van der Waals surface area contributed by atoms with Crippen LogP contribution in [0.3, 0.4) is 0 Å². The van der Waals surface area contributed by atoms with Crippen molar-refractivity contribution in [2.45, 2.75) is 0 Å². The summed E-state index contributed by atoms with van der Waals surface area (Å²) in [5, 5.41) is 0. The molecule has 0 aliphatic carbocycles. The predicted octanol–water partition coefficient (Wildman–Crippen LogP) is 0.0235. The van der Waals surface area contributed by atoms with Crippen LogP contribution >= 0.6 is 0 Å². The Morgan fingerprint density at radius 1 is 1.15 bits per heavy atom. The van der Waals surface area contributed by atoms with Gasteiger partial charge in [-0.2, -0.15) is 0 Å². The van der Waals surface area contributed by atoms with E-state index in [-0.39, 0.29) is 11.1 Å². The maximum atomic E-state index is 12.8. The molecular formula is C8H7FN2O2. The lowest BCUT2D eigenvalue weighted by atomic mass is 10.1. The van der Waals surface area contributed by atoms with Crippen molar-refractivity contribution in [3.8, 4) is 0 Å². The molecule has 0 aliphatic heterocycles. The van der Waals surface area contributed by atoms with Crippen molar-refractivity contribution in [2.24, 2.45) is 11.5 Å². The van der Waals surface area contributed by atoms with E-state index in [2.05, 4.69) is 0 Å². The van der Waals surface area contributed by atoms with Crippen LogP contribution in [0.4, 0.5) is 4.39 Å². The van der Waals surface area contributed by atoms with Gasteiger partial charge in [0.2, 0.25) is 5.91 Å². The molecule has 0 saturated heterocycles. The van der Waals surface area contributed by atoms with E-state index in [0.29, 0.717) is 0 Å². The summed E-state index contributed by atoms with van der Waals surface area (Å²) in [5.74, 6) is -2.43. The van der Waals surface area contributed by atoms with Gasteiger partial charge >= 0.3 is 0 Å². The first-order valence-electron chi connectivity index (χ1n) is 3.41. The molecule has 0 spiro atoms. The average molecular weight is 182 g/mol. The second-order valence-electron chi connectivity index (χ2n) is 2.42. The van der Waals surface area contributed by atoms with E-state index >= 15 is 0 Å². The molecule has 0 aliphatic rings. The molecule has 0 radical (unpaired) electrons. The van der Waals surface area contributed by atoms with Crippen molar-refractivity contribution in [3.63, 3.8) is 0 Å². The van der Waals surface area contributed by atoms with Gasteiger partial charge in [0, 0.05) is 5.56 Å². The summed E-state index contributed by atoms with van der Waals surface area (Å²) in [5.41, 5.74) is 9.49. The molecule has 1 rings (SSSR count). The molecule has 2 amide bonds. The van der Waals surface area contributed by atoms with Crippen molar-refractivity contribution >= 4 is 11.8 Å². The lowest BCUT2D eigenvalue weighted by Gasteiger charge is -1.99. The normalized spacial score (nSPS) is 9.62. The molecule has 0 bridgehead atoms. The van der Waals surface area contributed by atoms with Crippen molar-refractivity contribution in [1.82, 2.24) is 0 Å². The van der Waals surface area contributed by atoms with Crippen LogP contribution in [-0.4, -0.2) is 11.8 Å². The second-order valence-corrected chi connectivity index (χ2v) is 2.42. The van der Waals surface area contributed by atoms with Gasteiger partial charge in [0.1, 0.15) is 5.82 Å². The van der Waals surface area contributed by atoms with Crippen LogP contribution in [0.5, 0.6) is 0 Å². The highest BCUT2D eigenvalue weighted by Crippen LogP contribution is 2.09. The summed E-state index contributed by atoms with van der Waals surface area (Å²) in [6, 6.07) is 3.18. The fourth-order valence-corrected chi connectivity index (χ4v) is 0.867. The number of carbonyl (C=O) groups excluding carboxylic acids is 2. The zero-order chi connectivity index (χ0) is 10.0. The highest BCUT2D eigenvalue weighted by atomic mass is 19.1. The third-order valence-electron chi connectivity index (χ3n) is 1.52. The van der Waals surface area contributed by atoms with E-state index in [9.17, 15) is 14.0 Å². The van der Waals surface area contributed by atoms with Crippen LogP contribution in [0.1, 0.15) is 20.7 Å². The summed E-state index contributed by atoms with van der Waals surface area (Å²) >= 11 is 0. The van der Waals surface area contributed by atoms with Gasteiger partial charge in [-0.25, -0.2) is 4.39 Å². The molecule has 1 aromatic rings. The van der Waals surface area contributed by atoms with Gasteiger partial charge in [-0.05, 0) is 18.2 Å². The Bertz CT molecular complexity index is 376. The quantitative estimate of drug-likeness (QED) is 0.675. The van der Waals surface area contributed by atoms with Gasteiger partial charge in [0.15, 0.2) is 0 Å². The van der Waals surface area contributed by atoms with E-state index in [0.717, 1.165) is 12.1 Å². The van der Waals surface area contributed by atoms with Crippen LogP contribution < -0.4 is 11.5 Å². The lowest BCUT2D eigenvalue weighted by molar-refractivity contribution is 0.0996. The number of primary amides is 2. The van der Waals surface area contributed by atoms with Gasteiger partial charge in [0.05, 0.1) is 5.56 Å². The summed E-state index contributed by atoms with van der Waals surface area (Å²) in [6.07, 6.45) is 0. The van der Waals surface area contributed by atoms with Gasteiger partial charge in [0.25, 0.3) is 5.91 Å². The molecule has 1 aromatic carbocycles. The molecule has 0 saturated carbocycles. The number of nitrogens with two attached hydrogens (primary N) is 2. The first kappa shape index (κ1) is 9.18. The number of halogens is 1. The van der Waals surface area contributed by atoms with E-state index in [1.54, 1.807) is 0 Å². The Hall–Kier alpha value is -1.91. The minimum absolute atomic E-state index is 0.0511. The maximum absolute atomic E-state index is 12.8. The summed E-state index contributed by atoms with van der Waals surface area (Å²) < 4.78 is 12.8. The summed E-state index contributed by atoms with van der Waals surface area (Å²) in [6.45, 7) is 0. The van der Waals surface area contributed by atoms with Crippen LogP contribution in [0, 0.1) is 5.82 Å². The standard InChI is InChI=1S/C8H7FN2O2/c9-6-2-1-4(7(10)12)3-5(6)8(11)13/h1-3H,(H2,10,12)(H2,11,13). The number of hydrogen-bond acceptors (Lipinski definition) is 2. The van der Waals surface area contributed by atoms with Crippen LogP contribution in [0.25, 0.3) is 0 Å². The van der Waals surface area contributed by atoms with Crippen LogP contribution in [0.2, 0.25) is 0 Å². The minimum Gasteiger partial charge on any atom is -0.366 e. The molecule has 0 heterocycles. The Morgan fingerprint density at radius 3 is 2.23 bits per heavy atom. The molecule has 4 nitrogen and oxygen atoms in total. The van der Waals surface area contributed by atoms with E-state index in [1.807, 2.05) is 0 Å². The molecule has 5 heteroatoms. The van der Waals surface area contributed by atoms with Crippen LogP contribution in [0.15, 0.2) is 18.2 Å². The first-order valence-corrected chi connectivity index (χ1v) is 3.41. The number of benzene rings is 1. The largest absolute Gasteiger partial charge is 0.366 e. The minimum atomic E-state index is -0.930. The van der Waals surface area contributed by atoms with E-state index in [1.165, 1.54) is 6.07 Å². The zero-order valence-corrected chi connectivity index (χ0v) is 6.58. The molecule has 68 valence electrons. The highest BCUT2D eigenvalue weighted by Gasteiger charge is 2.10. The van der Waals surface area contributed by atoms with Crippen molar-refractivity contribution in [2.75, 3.05) is 0 Å². The van der Waals surface area contributed by atoms with Crippen molar-refractivity contribution < 1.29 is 14.0 Å². The lowest BCUT2D eigenvalue weighted by Crippen LogP contribution is -2.16. The molecule has 4 N–H and O–H groups in total. The molecule has 0 fully saturated rings. The number of hydrogen-bond donors (Lipinski definition) is 2. The molecule has 0 atom stereocenters. The van der Waals surface area contributed by atoms with Gasteiger partial charge in [-0.15, -0.1) is 0 Å². The first-order chi connectivity index (χ1) is 6.02. The number of carbonyl (C=O) groups is 2. The fraction of sp³-hybridized carbons (Fsp3) is 0. The highest BCUT2D eigenvalue weighted by molar-refractivity contribution is 5.98. The smallest absolute Gasteiger partial charge is 0.251 e. The fourth-order valence-electron chi connectivity index (χ4n) is 0.867. The predicted molar refractivity (Wildman–Crippen MR) is 43.4 cm³/mol. The monoisotopic (exact) mass is 182 g/mol. The molecule has 13 heavy (non-hydrogen) atoms. The Kier molecular flexibility index (Phi) is 2.27. The van der Waals surface area contributed by atoms with E-state index < -0.39 is 17.6 Å². The average Bonchev–Trinajstić information content (AvgIpc) is 2.04. The van der Waals surface area contributed by atoms with Crippen molar-refractivity contribution in [3.05, 3.63) is 35.1 Å². The number of amides is 2. The van der Waals surface area contributed by atoms with Crippen molar-refractivity contribution in [1.29, 1.82) is 0 Å². The third kappa shape index (κ3) is 1.81. The summed E-state index contributed by atoms with van der Waals surface area (Å²) in [4.78, 5) is 21.3. The second kappa shape index (κ2) is 3.22. The topological polar surface area (TPSA) is 86.2 Å². The molecular weight excluding hydrogens is 175 g/mol. The van der Waals surface area contributed by atoms with Crippen LogP contribution in [-0.2, 0) is 0 Å². The SMILES string of the molecule is NC(=O)c1ccc(F)c(C(N)=O)c1. The van der Waals surface area contributed by atoms with Gasteiger partial charge < -0.3 is 11.5 Å². The Morgan fingerprint density at radius 2 is 1.77 bits per heavy atom. The van der Waals surface area contributed by atoms with Gasteiger partial charge in [-0.3, -0.25) is 9.59 Å².